The zero-order valence-electron chi connectivity index (χ0n) is 40.4. The Morgan fingerprint density at radius 1 is 0.483 bits per heavy atom. The molecule has 8 nitrogen and oxygen atoms in total. The molecular weight excluding hydrogens is 751 g/mol. The molecule has 60 heavy (non-hydrogen) atoms. The van der Waals surface area contributed by atoms with Gasteiger partial charge in [-0.15, -0.1) is 0 Å². The van der Waals surface area contributed by atoms with E-state index in [-0.39, 0.29) is 36.2 Å². The first-order chi connectivity index (χ1) is 29.1. The normalized spacial score (nSPS) is 12.9. The summed E-state index contributed by atoms with van der Waals surface area (Å²) in [5.41, 5.74) is 0. The molecule has 0 aliphatic heterocycles. The number of unbranched alkanes of at least 4 members (excludes halogenated alkanes) is 31. The van der Waals surface area contributed by atoms with Crippen LogP contribution in [0.3, 0.4) is 0 Å². The van der Waals surface area contributed by atoms with Gasteiger partial charge >= 0.3 is 17.9 Å². The van der Waals surface area contributed by atoms with Crippen molar-refractivity contribution in [2.45, 2.75) is 264 Å². The largest absolute Gasteiger partial charge is 0.477 e. The number of aliphatic carboxylic acids is 1. The Hall–Kier alpha value is -1.93. The number of ether oxygens (including phenoxy) is 3. The van der Waals surface area contributed by atoms with Crippen molar-refractivity contribution in [1.82, 2.24) is 0 Å². The standard InChI is InChI=1S/C52H99NO7/c1-6-8-10-12-14-16-18-20-21-22-23-24-25-26-27-28-29-30-31-33-34-36-38-40-42-50(54)59-47-48(46-58-45-44-49(52(56)57)53(3,4)5)60-51(55)43-41-39-37-35-32-19-17-15-13-11-9-7-2/h15,17,48-49H,6-14,16,18-47H2,1-5H3/p+1/b17-15-. The molecule has 0 aromatic rings. The molecule has 2 atom stereocenters. The van der Waals surface area contributed by atoms with Gasteiger partial charge in [0, 0.05) is 19.3 Å². The summed E-state index contributed by atoms with van der Waals surface area (Å²) < 4.78 is 17.3. The Balaban J connectivity index is 4.09. The van der Waals surface area contributed by atoms with Gasteiger partial charge in [0.1, 0.15) is 6.61 Å². The molecule has 1 N–H and O–H groups in total. The lowest BCUT2D eigenvalue weighted by molar-refractivity contribution is -0.887. The highest BCUT2D eigenvalue weighted by Crippen LogP contribution is 2.17. The van der Waals surface area contributed by atoms with E-state index in [2.05, 4.69) is 26.0 Å². The quantitative estimate of drug-likeness (QED) is 0.0282. The number of rotatable bonds is 47. The fourth-order valence-electron chi connectivity index (χ4n) is 7.91. The molecule has 0 aliphatic carbocycles. The summed E-state index contributed by atoms with van der Waals surface area (Å²) in [6.45, 7) is 4.75. The van der Waals surface area contributed by atoms with Gasteiger partial charge in [-0.2, -0.15) is 0 Å². The molecule has 2 unspecified atom stereocenters. The lowest BCUT2D eigenvalue weighted by Gasteiger charge is -2.31. The summed E-state index contributed by atoms with van der Waals surface area (Å²) in [6.07, 6.45) is 48.4. The van der Waals surface area contributed by atoms with E-state index >= 15 is 0 Å². The molecule has 0 bridgehead atoms. The second-order valence-electron chi connectivity index (χ2n) is 18.8. The number of carboxylic acids is 1. The number of esters is 2. The minimum absolute atomic E-state index is 0.0480. The highest BCUT2D eigenvalue weighted by atomic mass is 16.6. The Morgan fingerprint density at radius 2 is 0.833 bits per heavy atom. The first-order valence-electron chi connectivity index (χ1n) is 25.7. The molecule has 0 spiro atoms. The van der Waals surface area contributed by atoms with Gasteiger partial charge in [0.25, 0.3) is 0 Å². The predicted octanol–water partition coefficient (Wildman–Crippen LogP) is 14.6. The van der Waals surface area contributed by atoms with E-state index in [4.69, 9.17) is 14.2 Å². The van der Waals surface area contributed by atoms with E-state index in [9.17, 15) is 19.5 Å². The SMILES string of the molecule is CCCCC/C=C\CCCCCCCC(=O)OC(COCCC(C(=O)O)[N+](C)(C)C)COC(=O)CCCCCCCCCCCCCCCCCCCCCCCCCC. The van der Waals surface area contributed by atoms with Crippen molar-refractivity contribution in [2.24, 2.45) is 0 Å². The van der Waals surface area contributed by atoms with Crippen LogP contribution in [-0.2, 0) is 28.6 Å². The van der Waals surface area contributed by atoms with Crippen LogP contribution in [0.1, 0.15) is 251 Å². The zero-order chi connectivity index (χ0) is 44.2. The van der Waals surface area contributed by atoms with Crippen LogP contribution in [0.15, 0.2) is 12.2 Å². The van der Waals surface area contributed by atoms with Crippen LogP contribution in [0.4, 0.5) is 0 Å². The Labute approximate surface area is 371 Å². The minimum Gasteiger partial charge on any atom is -0.477 e. The van der Waals surface area contributed by atoms with E-state index in [1.165, 1.54) is 167 Å². The minimum atomic E-state index is -0.873. The fraction of sp³-hybridized carbons (Fsp3) is 0.904. The van der Waals surface area contributed by atoms with Gasteiger partial charge in [0.05, 0.1) is 34.4 Å². The van der Waals surface area contributed by atoms with E-state index in [0.717, 1.165) is 51.4 Å². The molecular formula is C52H100NO7+. The van der Waals surface area contributed by atoms with Crippen molar-refractivity contribution in [1.29, 1.82) is 0 Å². The summed E-state index contributed by atoms with van der Waals surface area (Å²) >= 11 is 0. The van der Waals surface area contributed by atoms with Crippen molar-refractivity contribution >= 4 is 17.9 Å². The van der Waals surface area contributed by atoms with Crippen molar-refractivity contribution in [3.8, 4) is 0 Å². The number of carboxylic acid groups (broad SMARTS) is 1. The van der Waals surface area contributed by atoms with Crippen LogP contribution in [0.2, 0.25) is 0 Å². The lowest BCUT2D eigenvalue weighted by atomic mass is 10.0. The smallest absolute Gasteiger partial charge is 0.362 e. The topological polar surface area (TPSA) is 99.1 Å². The van der Waals surface area contributed by atoms with Crippen LogP contribution in [-0.4, -0.2) is 80.6 Å². The van der Waals surface area contributed by atoms with Crippen LogP contribution in [0.5, 0.6) is 0 Å². The summed E-state index contributed by atoms with van der Waals surface area (Å²) in [6, 6.07) is -0.612. The summed E-state index contributed by atoms with van der Waals surface area (Å²) in [7, 11) is 5.54. The molecule has 0 saturated carbocycles. The van der Waals surface area contributed by atoms with Crippen LogP contribution in [0.25, 0.3) is 0 Å². The number of allylic oxidation sites excluding steroid dienone is 2. The summed E-state index contributed by atoms with van der Waals surface area (Å²) in [4.78, 5) is 37.1. The zero-order valence-corrected chi connectivity index (χ0v) is 40.4. The van der Waals surface area contributed by atoms with Crippen molar-refractivity contribution in [2.75, 3.05) is 41.0 Å². The maximum absolute atomic E-state index is 12.7. The van der Waals surface area contributed by atoms with Crippen LogP contribution >= 0.6 is 0 Å². The monoisotopic (exact) mass is 851 g/mol. The van der Waals surface area contributed by atoms with Gasteiger partial charge in [-0.05, 0) is 38.5 Å². The Kier molecular flexibility index (Phi) is 42.3. The molecule has 0 saturated heterocycles. The third-order valence-corrected chi connectivity index (χ3v) is 11.9. The van der Waals surface area contributed by atoms with Gasteiger partial charge in [-0.1, -0.05) is 206 Å². The molecule has 354 valence electrons. The second kappa shape index (κ2) is 43.7. The molecule has 0 heterocycles. The van der Waals surface area contributed by atoms with Gasteiger partial charge in [-0.25, -0.2) is 4.79 Å². The second-order valence-corrected chi connectivity index (χ2v) is 18.8. The number of carbonyl (C=O) groups excluding carboxylic acids is 2. The molecule has 0 amide bonds. The Morgan fingerprint density at radius 3 is 1.23 bits per heavy atom. The maximum atomic E-state index is 12.7. The Bertz CT molecular complexity index is 993. The third-order valence-electron chi connectivity index (χ3n) is 11.9. The molecule has 0 aromatic carbocycles. The average Bonchev–Trinajstić information content (AvgIpc) is 3.21. The van der Waals surface area contributed by atoms with Gasteiger partial charge in [0.15, 0.2) is 12.1 Å². The number of carbonyl (C=O) groups is 3. The predicted molar refractivity (Wildman–Crippen MR) is 252 cm³/mol. The van der Waals surface area contributed by atoms with Crippen molar-refractivity contribution in [3.05, 3.63) is 12.2 Å². The first kappa shape index (κ1) is 58.1. The van der Waals surface area contributed by atoms with E-state index in [0.29, 0.717) is 19.3 Å². The lowest BCUT2D eigenvalue weighted by Crippen LogP contribution is -2.50. The number of nitrogens with zero attached hydrogens (tertiary/aromatic N) is 1. The average molecular weight is 851 g/mol. The molecule has 0 aromatic heterocycles. The fourth-order valence-corrected chi connectivity index (χ4v) is 7.91. The maximum Gasteiger partial charge on any atom is 0.362 e. The van der Waals surface area contributed by atoms with Gasteiger partial charge in [-0.3, -0.25) is 9.59 Å². The first-order valence-corrected chi connectivity index (χ1v) is 25.7. The van der Waals surface area contributed by atoms with E-state index in [1.807, 2.05) is 21.1 Å². The van der Waals surface area contributed by atoms with Crippen molar-refractivity contribution in [3.63, 3.8) is 0 Å². The molecule has 0 radical (unpaired) electrons. The molecule has 0 aliphatic rings. The number of likely N-dealkylation sites (N-methyl/N-ethyl adjacent to an activating group) is 1. The molecule has 0 fully saturated rings. The van der Waals surface area contributed by atoms with E-state index < -0.39 is 18.1 Å². The van der Waals surface area contributed by atoms with Gasteiger partial charge < -0.3 is 23.8 Å². The third kappa shape index (κ3) is 41.4. The summed E-state index contributed by atoms with van der Waals surface area (Å²) in [5, 5.41) is 9.63. The van der Waals surface area contributed by atoms with Crippen molar-refractivity contribution < 1.29 is 38.2 Å². The molecule has 0 rings (SSSR count). The number of hydrogen-bond acceptors (Lipinski definition) is 6. The van der Waals surface area contributed by atoms with Gasteiger partial charge in [0.2, 0.25) is 0 Å². The van der Waals surface area contributed by atoms with E-state index in [1.54, 1.807) is 0 Å². The highest BCUT2D eigenvalue weighted by molar-refractivity contribution is 5.72. The number of quaternary nitrogens is 1. The number of hydrogen-bond donors (Lipinski definition) is 1. The summed E-state index contributed by atoms with van der Waals surface area (Å²) in [5.74, 6) is -1.46. The van der Waals surface area contributed by atoms with Crippen LogP contribution < -0.4 is 0 Å². The highest BCUT2D eigenvalue weighted by Gasteiger charge is 2.31. The van der Waals surface area contributed by atoms with Crippen LogP contribution in [0, 0.1) is 0 Å². The molecule has 8 heteroatoms.